The van der Waals surface area contributed by atoms with Crippen molar-refractivity contribution in [1.29, 1.82) is 0 Å². The van der Waals surface area contributed by atoms with Gasteiger partial charge in [0, 0.05) is 18.7 Å². The maximum atomic E-state index is 14.6. The number of rotatable bonds is 11. The first kappa shape index (κ1) is 28.8. The first-order valence-electron chi connectivity index (χ1n) is 12.5. The fourth-order valence-corrected chi connectivity index (χ4v) is 5.61. The van der Waals surface area contributed by atoms with Crippen molar-refractivity contribution in [2.75, 3.05) is 17.4 Å². The molecule has 0 saturated heterocycles. The minimum atomic E-state index is -4.15. The molecule has 3 aromatic rings. The summed E-state index contributed by atoms with van der Waals surface area (Å²) in [6, 6.07) is 18.2. The normalized spacial score (nSPS) is 12.0. The van der Waals surface area contributed by atoms with Crippen LogP contribution in [0.5, 0.6) is 0 Å². The second-order valence-electron chi connectivity index (χ2n) is 9.19. The number of amides is 2. The molecule has 9 heteroatoms. The Kier molecular flexibility index (Phi) is 9.63. The third-order valence-electron chi connectivity index (χ3n) is 6.25. The molecule has 1 atom stereocenters. The Labute approximate surface area is 224 Å². The third-order valence-corrected chi connectivity index (χ3v) is 8.02. The highest BCUT2D eigenvalue weighted by Gasteiger charge is 2.33. The van der Waals surface area contributed by atoms with Gasteiger partial charge in [-0.3, -0.25) is 13.9 Å². The van der Waals surface area contributed by atoms with E-state index in [0.717, 1.165) is 9.87 Å². The molecule has 0 aliphatic rings. The van der Waals surface area contributed by atoms with Crippen LogP contribution in [0, 0.1) is 19.7 Å². The summed E-state index contributed by atoms with van der Waals surface area (Å²) in [5, 5.41) is 2.77. The summed E-state index contributed by atoms with van der Waals surface area (Å²) in [6.45, 7) is 6.78. The van der Waals surface area contributed by atoms with Crippen LogP contribution in [0.2, 0.25) is 0 Å². The summed E-state index contributed by atoms with van der Waals surface area (Å²) in [6.07, 6.45) is 0.704. The van der Waals surface area contributed by atoms with Crippen molar-refractivity contribution in [3.8, 4) is 0 Å². The Balaban J connectivity index is 2.05. The summed E-state index contributed by atoms with van der Waals surface area (Å²) in [7, 11) is -4.15. The highest BCUT2D eigenvalue weighted by molar-refractivity contribution is 7.92. The second-order valence-corrected chi connectivity index (χ2v) is 11.1. The summed E-state index contributed by atoms with van der Waals surface area (Å²) < 4.78 is 43.2. The van der Waals surface area contributed by atoms with Crippen LogP contribution in [0.25, 0.3) is 0 Å². The Morgan fingerprint density at radius 1 is 0.974 bits per heavy atom. The summed E-state index contributed by atoms with van der Waals surface area (Å²) in [5.41, 5.74) is 2.19. The van der Waals surface area contributed by atoms with Crippen molar-refractivity contribution in [3.63, 3.8) is 0 Å². The first-order chi connectivity index (χ1) is 18.1. The summed E-state index contributed by atoms with van der Waals surface area (Å²) in [5.74, 6) is -1.55. The number of nitrogens with one attached hydrogen (secondary N) is 1. The zero-order valence-corrected chi connectivity index (χ0v) is 23.0. The zero-order valence-electron chi connectivity index (χ0n) is 22.1. The summed E-state index contributed by atoms with van der Waals surface area (Å²) >= 11 is 0. The molecule has 0 aromatic heterocycles. The van der Waals surface area contributed by atoms with Crippen molar-refractivity contribution < 1.29 is 22.4 Å². The van der Waals surface area contributed by atoms with E-state index in [2.05, 4.69) is 5.32 Å². The van der Waals surface area contributed by atoms with Gasteiger partial charge >= 0.3 is 0 Å². The third kappa shape index (κ3) is 6.77. The lowest BCUT2D eigenvalue weighted by molar-refractivity contribution is -0.139. The Morgan fingerprint density at radius 2 is 1.63 bits per heavy atom. The molecule has 1 N–H and O–H groups in total. The first-order valence-corrected chi connectivity index (χ1v) is 14.0. The molecule has 202 valence electrons. The molecule has 0 radical (unpaired) electrons. The van der Waals surface area contributed by atoms with Gasteiger partial charge in [-0.2, -0.15) is 0 Å². The Hall–Kier alpha value is -3.72. The molecule has 0 aliphatic carbocycles. The molecule has 0 unspecified atom stereocenters. The molecule has 0 heterocycles. The maximum absolute atomic E-state index is 14.6. The second kappa shape index (κ2) is 12.7. The van der Waals surface area contributed by atoms with Gasteiger partial charge < -0.3 is 10.2 Å². The molecule has 0 aliphatic heterocycles. The molecule has 2 amide bonds. The number of sulfonamides is 1. The van der Waals surface area contributed by atoms with E-state index >= 15 is 0 Å². The highest BCUT2D eigenvalue weighted by atomic mass is 32.2. The van der Waals surface area contributed by atoms with Crippen molar-refractivity contribution >= 4 is 27.5 Å². The molecule has 0 spiro atoms. The SMILES string of the molecule is CCCNC(=O)[C@H](C)N(Cc1ccccc1F)C(=O)CN(c1ccc(C)cc1C)S(=O)(=O)c1ccccc1. The minimum absolute atomic E-state index is 0.0298. The van der Waals surface area contributed by atoms with Crippen molar-refractivity contribution in [3.05, 3.63) is 95.3 Å². The van der Waals surface area contributed by atoms with Crippen LogP contribution >= 0.6 is 0 Å². The smallest absolute Gasteiger partial charge is 0.264 e. The van der Waals surface area contributed by atoms with Gasteiger partial charge in [-0.25, -0.2) is 12.8 Å². The average Bonchev–Trinajstić information content (AvgIpc) is 2.90. The minimum Gasteiger partial charge on any atom is -0.354 e. The fraction of sp³-hybridized carbons (Fsp3) is 0.310. The van der Waals surface area contributed by atoms with E-state index < -0.39 is 40.2 Å². The molecule has 3 rings (SSSR count). The van der Waals surface area contributed by atoms with E-state index in [1.165, 1.54) is 35.2 Å². The fourth-order valence-electron chi connectivity index (χ4n) is 4.11. The number of hydrogen-bond donors (Lipinski definition) is 1. The average molecular weight is 540 g/mol. The topological polar surface area (TPSA) is 86.8 Å². The highest BCUT2D eigenvalue weighted by Crippen LogP contribution is 2.28. The molecule has 0 bridgehead atoms. The number of anilines is 1. The van der Waals surface area contributed by atoms with Crippen molar-refractivity contribution in [1.82, 2.24) is 10.2 Å². The summed E-state index contributed by atoms with van der Waals surface area (Å²) in [4.78, 5) is 27.9. The van der Waals surface area contributed by atoms with Crippen LogP contribution in [0.4, 0.5) is 10.1 Å². The lowest BCUT2D eigenvalue weighted by atomic mass is 10.1. The number of benzene rings is 3. The molecule has 3 aromatic carbocycles. The van der Waals surface area contributed by atoms with Crippen LogP contribution in [-0.2, 0) is 26.2 Å². The van der Waals surface area contributed by atoms with E-state index in [0.29, 0.717) is 24.2 Å². The number of halogens is 1. The van der Waals surface area contributed by atoms with Gasteiger partial charge in [-0.15, -0.1) is 0 Å². The van der Waals surface area contributed by atoms with Gasteiger partial charge in [0.2, 0.25) is 11.8 Å². The van der Waals surface area contributed by atoms with Gasteiger partial charge in [0.15, 0.2) is 0 Å². The monoisotopic (exact) mass is 539 g/mol. The lowest BCUT2D eigenvalue weighted by Gasteiger charge is -2.32. The zero-order chi connectivity index (χ0) is 27.9. The van der Waals surface area contributed by atoms with Crippen LogP contribution in [0.3, 0.4) is 0 Å². The van der Waals surface area contributed by atoms with Gasteiger partial charge in [-0.05, 0) is 57.0 Å². The predicted molar refractivity (Wildman–Crippen MR) is 147 cm³/mol. The van der Waals surface area contributed by atoms with E-state index in [-0.39, 0.29) is 17.0 Å². The lowest BCUT2D eigenvalue weighted by Crippen LogP contribution is -2.51. The number of hydrogen-bond acceptors (Lipinski definition) is 4. The molecular formula is C29H34FN3O4S. The van der Waals surface area contributed by atoms with Crippen LogP contribution < -0.4 is 9.62 Å². The number of nitrogens with zero attached hydrogens (tertiary/aromatic N) is 2. The molecular weight excluding hydrogens is 505 g/mol. The van der Waals surface area contributed by atoms with Gasteiger partial charge in [0.25, 0.3) is 10.0 Å². The molecule has 0 fully saturated rings. The largest absolute Gasteiger partial charge is 0.354 e. The quantitative estimate of drug-likeness (QED) is 0.387. The van der Waals surface area contributed by atoms with Crippen molar-refractivity contribution in [2.24, 2.45) is 0 Å². The van der Waals surface area contributed by atoms with Crippen LogP contribution in [-0.4, -0.2) is 44.3 Å². The van der Waals surface area contributed by atoms with Crippen molar-refractivity contribution in [2.45, 2.75) is 51.6 Å². The van der Waals surface area contributed by atoms with Gasteiger partial charge in [-0.1, -0.05) is 61.0 Å². The number of carbonyl (C=O) groups excluding carboxylic acids is 2. The van der Waals surface area contributed by atoms with E-state index in [4.69, 9.17) is 0 Å². The molecule has 7 nitrogen and oxygen atoms in total. The molecule has 0 saturated carbocycles. The molecule has 38 heavy (non-hydrogen) atoms. The van der Waals surface area contributed by atoms with Crippen LogP contribution in [0.15, 0.2) is 77.7 Å². The Bertz CT molecular complexity index is 1380. The van der Waals surface area contributed by atoms with Gasteiger partial charge in [0.1, 0.15) is 18.4 Å². The predicted octanol–water partition coefficient (Wildman–Crippen LogP) is 4.58. The standard InChI is InChI=1S/C29H34FN3O4S/c1-5-17-31-29(35)23(4)32(19-24-11-9-10-14-26(24)30)28(34)20-33(27-16-15-21(2)18-22(27)3)38(36,37)25-12-7-6-8-13-25/h6-16,18,23H,5,17,19-20H2,1-4H3,(H,31,35)/t23-/m0/s1. The van der Waals surface area contributed by atoms with E-state index in [1.54, 1.807) is 50.2 Å². The Morgan fingerprint density at radius 3 is 2.26 bits per heavy atom. The number of aryl methyl sites for hydroxylation is 2. The van der Waals surface area contributed by atoms with E-state index in [1.807, 2.05) is 19.9 Å². The maximum Gasteiger partial charge on any atom is 0.264 e. The van der Waals surface area contributed by atoms with Crippen LogP contribution in [0.1, 0.15) is 37.0 Å². The van der Waals surface area contributed by atoms with E-state index in [9.17, 15) is 22.4 Å². The number of carbonyl (C=O) groups is 2. The van der Waals surface area contributed by atoms with Gasteiger partial charge in [0.05, 0.1) is 10.6 Å².